The summed E-state index contributed by atoms with van der Waals surface area (Å²) in [5.74, 6) is -1.02. The van der Waals surface area contributed by atoms with Crippen LogP contribution in [0.25, 0.3) is 0 Å². The number of rotatable bonds is 7. The molecule has 2 aliphatic rings. The minimum Gasteiger partial charge on any atom is -0.379 e. The van der Waals surface area contributed by atoms with Crippen molar-refractivity contribution in [3.63, 3.8) is 0 Å². The fourth-order valence-corrected chi connectivity index (χ4v) is 4.04. The highest BCUT2D eigenvalue weighted by atomic mass is 35.5. The first-order valence-electron chi connectivity index (χ1n) is 10.4. The Morgan fingerprint density at radius 2 is 1.78 bits per heavy atom. The molecule has 0 atom stereocenters. The zero-order chi connectivity index (χ0) is 21.8. The molecule has 1 saturated heterocycles. The summed E-state index contributed by atoms with van der Waals surface area (Å²) in [6.45, 7) is 4.92. The molecule has 0 spiro atoms. The van der Waals surface area contributed by atoms with E-state index in [-0.39, 0.29) is 36.3 Å². The Morgan fingerprint density at radius 1 is 1.03 bits per heavy atom. The van der Waals surface area contributed by atoms with Gasteiger partial charge in [-0.2, -0.15) is 0 Å². The molecule has 4 rings (SSSR count). The lowest BCUT2D eigenvalue weighted by atomic mass is 10.1. The average molecular weight is 478 g/mol. The average Bonchev–Trinajstić information content (AvgIpc) is 3.02. The number of carbonyl (C=O) groups excluding carboxylic acids is 3. The Bertz CT molecular complexity index is 1010. The maximum atomic E-state index is 12.8. The van der Waals surface area contributed by atoms with Crippen LogP contribution in [-0.4, -0.2) is 66.9 Å². The standard InChI is InChI=1S/C23H24ClN3O4.ClH/c24-18-4-1-3-16(13-18)15-27-22(29)19-6-5-17(14-20(19)23(27)30)21(28)25-7-2-8-26-9-11-31-12-10-26;/h1,3-6,13-14H,2,7-12,15H2,(H,25,28);1H. The van der Waals surface area contributed by atoms with Crippen molar-refractivity contribution in [2.24, 2.45) is 0 Å². The van der Waals surface area contributed by atoms with Crippen LogP contribution in [-0.2, 0) is 11.3 Å². The van der Waals surface area contributed by atoms with E-state index in [1.54, 1.807) is 30.3 Å². The number of fused-ring (bicyclic) bond motifs is 1. The predicted octanol–water partition coefficient (Wildman–Crippen LogP) is 3.01. The van der Waals surface area contributed by atoms with Crippen LogP contribution in [0.1, 0.15) is 43.1 Å². The van der Waals surface area contributed by atoms with E-state index in [9.17, 15) is 14.4 Å². The second-order valence-corrected chi connectivity index (χ2v) is 8.09. The molecule has 0 saturated carbocycles. The predicted molar refractivity (Wildman–Crippen MR) is 124 cm³/mol. The van der Waals surface area contributed by atoms with Gasteiger partial charge in [-0.3, -0.25) is 24.2 Å². The summed E-state index contributed by atoms with van der Waals surface area (Å²) in [5, 5.41) is 3.43. The molecule has 0 aromatic heterocycles. The molecule has 1 N–H and O–H groups in total. The zero-order valence-corrected chi connectivity index (χ0v) is 19.1. The number of hydrogen-bond acceptors (Lipinski definition) is 5. The molecule has 32 heavy (non-hydrogen) atoms. The number of hydrogen-bond donors (Lipinski definition) is 1. The molecular weight excluding hydrogens is 453 g/mol. The van der Waals surface area contributed by atoms with Gasteiger partial charge in [-0.25, -0.2) is 0 Å². The lowest BCUT2D eigenvalue weighted by molar-refractivity contribution is 0.0374. The SMILES string of the molecule is Cl.O=C(NCCCN1CCOCC1)c1ccc2c(c1)C(=O)N(Cc1cccc(Cl)c1)C2=O. The van der Waals surface area contributed by atoms with Crippen LogP contribution >= 0.6 is 24.0 Å². The smallest absolute Gasteiger partial charge is 0.261 e. The van der Waals surface area contributed by atoms with E-state index in [0.29, 0.717) is 22.7 Å². The van der Waals surface area contributed by atoms with Gasteiger partial charge in [0.1, 0.15) is 0 Å². The lowest BCUT2D eigenvalue weighted by Crippen LogP contribution is -2.38. The Labute approximate surface area is 198 Å². The Balaban J connectivity index is 0.00000289. The molecule has 2 heterocycles. The van der Waals surface area contributed by atoms with Gasteiger partial charge >= 0.3 is 0 Å². The van der Waals surface area contributed by atoms with Crippen molar-refractivity contribution in [2.75, 3.05) is 39.4 Å². The third-order valence-corrected chi connectivity index (χ3v) is 5.74. The lowest BCUT2D eigenvalue weighted by Gasteiger charge is -2.26. The molecule has 170 valence electrons. The normalized spacial score (nSPS) is 16.0. The van der Waals surface area contributed by atoms with Crippen molar-refractivity contribution in [3.8, 4) is 0 Å². The zero-order valence-electron chi connectivity index (χ0n) is 17.5. The Morgan fingerprint density at radius 3 is 2.53 bits per heavy atom. The molecule has 2 aliphatic heterocycles. The van der Waals surface area contributed by atoms with Gasteiger partial charge in [0.15, 0.2) is 0 Å². The van der Waals surface area contributed by atoms with Crippen molar-refractivity contribution in [3.05, 3.63) is 69.7 Å². The fourth-order valence-electron chi connectivity index (χ4n) is 3.82. The highest BCUT2D eigenvalue weighted by Gasteiger charge is 2.36. The van der Waals surface area contributed by atoms with Crippen molar-refractivity contribution >= 4 is 41.7 Å². The van der Waals surface area contributed by atoms with Crippen LogP contribution in [0.3, 0.4) is 0 Å². The topological polar surface area (TPSA) is 79.0 Å². The van der Waals surface area contributed by atoms with Gasteiger partial charge in [-0.15, -0.1) is 12.4 Å². The van der Waals surface area contributed by atoms with Gasteiger partial charge < -0.3 is 10.1 Å². The fraction of sp³-hybridized carbons (Fsp3) is 0.348. The first-order valence-corrected chi connectivity index (χ1v) is 10.7. The van der Waals surface area contributed by atoms with Crippen molar-refractivity contribution in [1.29, 1.82) is 0 Å². The number of halogens is 2. The molecule has 3 amide bonds. The highest BCUT2D eigenvalue weighted by Crippen LogP contribution is 2.26. The first kappa shape index (κ1) is 24.2. The molecule has 2 aromatic carbocycles. The van der Waals surface area contributed by atoms with Gasteiger partial charge in [-0.05, 0) is 48.9 Å². The Hall–Kier alpha value is -2.45. The maximum absolute atomic E-state index is 12.8. The van der Waals surface area contributed by atoms with E-state index in [2.05, 4.69) is 10.2 Å². The van der Waals surface area contributed by atoms with Crippen LogP contribution in [0.4, 0.5) is 0 Å². The van der Waals surface area contributed by atoms with Gasteiger partial charge in [0.25, 0.3) is 17.7 Å². The monoisotopic (exact) mass is 477 g/mol. The van der Waals surface area contributed by atoms with Gasteiger partial charge in [-0.1, -0.05) is 23.7 Å². The van der Waals surface area contributed by atoms with Crippen LogP contribution in [0.5, 0.6) is 0 Å². The number of morpholine rings is 1. The quantitative estimate of drug-likeness (QED) is 0.489. The van der Waals surface area contributed by atoms with E-state index < -0.39 is 5.91 Å². The Kier molecular flexibility index (Phi) is 8.26. The summed E-state index contributed by atoms with van der Waals surface area (Å²) in [7, 11) is 0. The summed E-state index contributed by atoms with van der Waals surface area (Å²) in [4.78, 5) is 41.5. The minimum absolute atomic E-state index is 0. The van der Waals surface area contributed by atoms with Crippen LogP contribution in [0.15, 0.2) is 42.5 Å². The number of ether oxygens (including phenoxy) is 1. The third-order valence-electron chi connectivity index (χ3n) is 5.50. The summed E-state index contributed by atoms with van der Waals surface area (Å²) in [6.07, 6.45) is 0.835. The van der Waals surface area contributed by atoms with Gasteiger partial charge in [0.05, 0.1) is 30.9 Å². The summed E-state index contributed by atoms with van der Waals surface area (Å²) in [6, 6.07) is 11.7. The van der Waals surface area contributed by atoms with Crippen molar-refractivity contribution in [1.82, 2.24) is 15.1 Å². The second kappa shape index (κ2) is 10.9. The minimum atomic E-state index is -0.401. The van der Waals surface area contributed by atoms with Gasteiger partial charge in [0.2, 0.25) is 0 Å². The molecule has 2 aromatic rings. The molecule has 0 bridgehead atoms. The summed E-state index contributed by atoms with van der Waals surface area (Å²) >= 11 is 6.00. The summed E-state index contributed by atoms with van der Waals surface area (Å²) < 4.78 is 5.33. The first-order chi connectivity index (χ1) is 15.0. The molecule has 1 fully saturated rings. The van der Waals surface area contributed by atoms with Crippen LogP contribution in [0, 0.1) is 0 Å². The number of amides is 3. The number of nitrogens with zero attached hydrogens (tertiary/aromatic N) is 2. The maximum Gasteiger partial charge on any atom is 0.261 e. The highest BCUT2D eigenvalue weighted by molar-refractivity contribution is 6.30. The second-order valence-electron chi connectivity index (χ2n) is 7.65. The van der Waals surface area contributed by atoms with E-state index in [1.807, 2.05) is 6.07 Å². The van der Waals surface area contributed by atoms with Crippen LogP contribution in [0.2, 0.25) is 5.02 Å². The number of benzene rings is 2. The molecular formula is C23H25Cl2N3O4. The third kappa shape index (κ3) is 5.48. The van der Waals surface area contributed by atoms with E-state index in [0.717, 1.165) is 44.8 Å². The molecule has 0 unspecified atom stereocenters. The van der Waals surface area contributed by atoms with E-state index in [1.165, 1.54) is 11.0 Å². The molecule has 0 radical (unpaired) electrons. The molecule has 7 nitrogen and oxygen atoms in total. The molecule has 9 heteroatoms. The van der Waals surface area contributed by atoms with E-state index >= 15 is 0 Å². The summed E-state index contributed by atoms with van der Waals surface area (Å²) in [5.41, 5.74) is 1.71. The number of carbonyl (C=O) groups is 3. The number of nitrogens with one attached hydrogen (secondary N) is 1. The molecule has 0 aliphatic carbocycles. The van der Waals surface area contributed by atoms with E-state index in [4.69, 9.17) is 16.3 Å². The van der Waals surface area contributed by atoms with Gasteiger partial charge in [0, 0.05) is 30.2 Å². The number of imide groups is 1. The van der Waals surface area contributed by atoms with Crippen LogP contribution < -0.4 is 5.32 Å². The largest absolute Gasteiger partial charge is 0.379 e. The van der Waals surface area contributed by atoms with Crippen molar-refractivity contribution in [2.45, 2.75) is 13.0 Å². The van der Waals surface area contributed by atoms with Crippen molar-refractivity contribution < 1.29 is 19.1 Å².